The number of hydrogen-bond acceptors (Lipinski definition) is 8. The highest BCUT2D eigenvalue weighted by Gasteiger charge is 2.85. The number of rotatable bonds is 11. The largest absolute Gasteiger partial charge is 0.342 e. The fraction of sp³-hybridized carbons (Fsp3) is 0.881. The summed E-state index contributed by atoms with van der Waals surface area (Å²) in [6, 6.07) is -3.09. The second-order valence-electron chi connectivity index (χ2n) is 21.9. The normalized spacial score (nSPS) is 31.6. The summed E-state index contributed by atoms with van der Waals surface area (Å²) in [5.74, 6) is -2.27. The standard InChI is InChI=1S/C42H70N6O7S/c1-25(2)47-21-14-13-16-27(47)31(49)43-29(36(3,4)5)33(51)44-30(37(6,7)8)34(52)48-24-41(39(11,12)40(41)19-15-20-40)22-28(48)32(50)45-42(23-38(42,9)10)35(53)46-56(54,55)26-17-18-26/h25-30H,13-24H2,1-12H3,(H,43,49)(H,44,51)(H,45,50)(H,46,53)/t27-,28?,29+,30+,41+,42?/m0/s1. The molecule has 0 aromatic rings. The van der Waals surface area contributed by atoms with Crippen molar-refractivity contribution >= 4 is 39.6 Å². The summed E-state index contributed by atoms with van der Waals surface area (Å²) in [6.45, 7) is 24.7. The maximum absolute atomic E-state index is 15.1. The van der Waals surface area contributed by atoms with Gasteiger partial charge in [0.25, 0.3) is 5.91 Å². The predicted molar refractivity (Wildman–Crippen MR) is 214 cm³/mol. The van der Waals surface area contributed by atoms with Crippen LogP contribution in [-0.2, 0) is 34.0 Å². The van der Waals surface area contributed by atoms with Gasteiger partial charge >= 0.3 is 0 Å². The first-order valence-electron chi connectivity index (χ1n) is 21.1. The van der Waals surface area contributed by atoms with Gasteiger partial charge in [-0.25, -0.2) is 8.42 Å². The Morgan fingerprint density at radius 3 is 1.80 bits per heavy atom. The van der Waals surface area contributed by atoms with E-state index in [1.54, 1.807) is 4.90 Å². The monoisotopic (exact) mass is 803 g/mol. The summed E-state index contributed by atoms with van der Waals surface area (Å²) in [7, 11) is -3.86. The second kappa shape index (κ2) is 13.7. The number of hydrogen-bond donors (Lipinski definition) is 4. The van der Waals surface area contributed by atoms with Crippen LogP contribution >= 0.6 is 0 Å². The molecule has 14 heteroatoms. The van der Waals surface area contributed by atoms with Crippen LogP contribution < -0.4 is 20.7 Å². The molecule has 0 aromatic heterocycles. The van der Waals surface area contributed by atoms with Crippen molar-refractivity contribution in [3.05, 3.63) is 0 Å². The average Bonchev–Trinajstić information content (AvgIpc) is 3.99. The van der Waals surface area contributed by atoms with Crippen LogP contribution in [0, 0.1) is 32.5 Å². The van der Waals surface area contributed by atoms with Gasteiger partial charge in [-0.15, -0.1) is 0 Å². The summed E-state index contributed by atoms with van der Waals surface area (Å²) in [4.78, 5) is 75.7. The minimum atomic E-state index is -3.86. The van der Waals surface area contributed by atoms with Gasteiger partial charge in [0.1, 0.15) is 23.7 Å². The number of carbonyl (C=O) groups excluding carboxylic acids is 5. The lowest BCUT2D eigenvalue weighted by Crippen LogP contribution is -2.64. The Balaban J connectivity index is 1.27. The zero-order chi connectivity index (χ0) is 41.8. The van der Waals surface area contributed by atoms with E-state index in [9.17, 15) is 27.6 Å². The third-order valence-corrected chi connectivity index (χ3v) is 17.2. The van der Waals surface area contributed by atoms with Crippen LogP contribution in [0.5, 0.6) is 0 Å². The first-order chi connectivity index (χ1) is 25.6. The lowest BCUT2D eigenvalue weighted by molar-refractivity contribution is -0.145. The highest BCUT2D eigenvalue weighted by atomic mass is 32.2. The van der Waals surface area contributed by atoms with Gasteiger partial charge in [0.05, 0.1) is 11.3 Å². The molecule has 5 amide bonds. The molecular formula is C42H70N6O7S. The van der Waals surface area contributed by atoms with E-state index in [4.69, 9.17) is 0 Å². The topological polar surface area (TPSA) is 174 Å². The van der Waals surface area contributed by atoms with Crippen molar-refractivity contribution in [1.82, 2.24) is 30.5 Å². The molecule has 2 unspecified atom stereocenters. The molecule has 2 spiro atoms. The Labute approximate surface area is 335 Å². The molecule has 2 aliphatic heterocycles. The predicted octanol–water partition coefficient (Wildman–Crippen LogP) is 4.00. The Morgan fingerprint density at radius 1 is 0.750 bits per heavy atom. The molecule has 6 fully saturated rings. The molecule has 0 bridgehead atoms. The van der Waals surface area contributed by atoms with E-state index in [0.717, 1.165) is 38.6 Å². The van der Waals surface area contributed by atoms with Gasteiger partial charge in [-0.1, -0.05) is 82.1 Å². The van der Waals surface area contributed by atoms with Crippen LogP contribution in [0.25, 0.3) is 0 Å². The van der Waals surface area contributed by atoms with Gasteiger partial charge in [-0.2, -0.15) is 0 Å². The van der Waals surface area contributed by atoms with E-state index >= 15 is 4.79 Å². The molecule has 316 valence electrons. The molecule has 4 N–H and O–H groups in total. The Morgan fingerprint density at radius 2 is 1.34 bits per heavy atom. The average molecular weight is 803 g/mol. The Hall–Kier alpha value is -2.74. The SMILES string of the molecule is CC(C)N1CCCC[C@H]1C(=O)N[C@H](C(=O)N[C@H](C(=O)N1C[C@]2(CC1C(=O)NC1(C(=O)NS(=O)(=O)C3CC3)CC1(C)C)C(C)(C)C21CCC1)C(C)(C)C)C(C)(C)C. The molecule has 13 nitrogen and oxygen atoms in total. The first kappa shape index (κ1) is 42.9. The molecule has 6 atom stereocenters. The number of carbonyl (C=O) groups is 5. The van der Waals surface area contributed by atoms with Crippen molar-refractivity contribution in [2.75, 3.05) is 13.1 Å². The number of nitrogens with one attached hydrogen (secondary N) is 4. The van der Waals surface area contributed by atoms with E-state index in [0.29, 0.717) is 32.2 Å². The number of piperidine rings is 1. The maximum atomic E-state index is 15.1. The van der Waals surface area contributed by atoms with Crippen LogP contribution in [0.1, 0.15) is 147 Å². The van der Waals surface area contributed by atoms with Gasteiger partial charge in [-0.05, 0) is 98.8 Å². The van der Waals surface area contributed by atoms with Crippen LogP contribution in [0.4, 0.5) is 0 Å². The molecule has 0 aromatic carbocycles. The first-order valence-corrected chi connectivity index (χ1v) is 22.7. The van der Waals surface area contributed by atoms with Crippen LogP contribution in [0.3, 0.4) is 0 Å². The van der Waals surface area contributed by atoms with Crippen LogP contribution in [-0.4, -0.2) is 102 Å². The zero-order valence-electron chi connectivity index (χ0n) is 36.1. The molecule has 2 heterocycles. The van der Waals surface area contributed by atoms with E-state index < -0.39 is 72.9 Å². The molecule has 4 saturated carbocycles. The minimum absolute atomic E-state index is 0.00903. The molecule has 6 aliphatic rings. The van der Waals surface area contributed by atoms with Crippen molar-refractivity contribution in [1.29, 1.82) is 0 Å². The third-order valence-electron chi connectivity index (χ3n) is 15.4. The van der Waals surface area contributed by atoms with Gasteiger partial charge in [0.2, 0.25) is 33.7 Å². The van der Waals surface area contributed by atoms with E-state index in [1.807, 2.05) is 55.4 Å². The summed E-state index contributed by atoms with van der Waals surface area (Å²) < 4.78 is 27.9. The lowest BCUT2D eigenvalue weighted by Gasteiger charge is -2.40. The number of sulfonamides is 1. The third kappa shape index (κ3) is 6.87. The van der Waals surface area contributed by atoms with Crippen molar-refractivity contribution in [3.8, 4) is 0 Å². The Bertz CT molecular complexity index is 1750. The fourth-order valence-corrected chi connectivity index (χ4v) is 12.5. The van der Waals surface area contributed by atoms with Gasteiger partial charge in [0.15, 0.2) is 0 Å². The molecular weight excluding hydrogens is 733 g/mol. The quantitative estimate of drug-likeness (QED) is 0.243. The summed E-state index contributed by atoms with van der Waals surface area (Å²) in [5, 5.41) is 8.55. The minimum Gasteiger partial charge on any atom is -0.342 e. The number of amides is 5. The number of fused-ring (bicyclic) bond motifs is 1. The fourth-order valence-electron chi connectivity index (χ4n) is 11.1. The molecule has 6 rings (SSSR count). The van der Waals surface area contributed by atoms with E-state index in [2.05, 4.69) is 53.3 Å². The van der Waals surface area contributed by atoms with Crippen LogP contribution in [0.2, 0.25) is 0 Å². The van der Waals surface area contributed by atoms with Crippen molar-refractivity contribution < 1.29 is 32.4 Å². The van der Waals surface area contributed by atoms with Crippen molar-refractivity contribution in [2.45, 2.75) is 188 Å². The van der Waals surface area contributed by atoms with Crippen molar-refractivity contribution in [2.24, 2.45) is 32.5 Å². The zero-order valence-corrected chi connectivity index (χ0v) is 36.9. The highest BCUT2D eigenvalue weighted by Crippen LogP contribution is 2.88. The Kier molecular flexibility index (Phi) is 10.5. The maximum Gasteiger partial charge on any atom is 0.259 e. The van der Waals surface area contributed by atoms with E-state index in [-0.39, 0.29) is 46.6 Å². The summed E-state index contributed by atoms with van der Waals surface area (Å²) >= 11 is 0. The van der Waals surface area contributed by atoms with E-state index in [1.165, 1.54) is 0 Å². The van der Waals surface area contributed by atoms with Crippen LogP contribution in [0.15, 0.2) is 0 Å². The van der Waals surface area contributed by atoms with Gasteiger partial charge in [-0.3, -0.25) is 33.6 Å². The molecule has 56 heavy (non-hydrogen) atoms. The summed E-state index contributed by atoms with van der Waals surface area (Å²) in [5.41, 5.74) is -4.08. The molecule has 0 radical (unpaired) electrons. The second-order valence-corrected chi connectivity index (χ2v) is 23.9. The number of nitrogens with zero attached hydrogens (tertiary/aromatic N) is 2. The van der Waals surface area contributed by atoms with Crippen molar-refractivity contribution in [3.63, 3.8) is 0 Å². The number of likely N-dealkylation sites (tertiary alicyclic amines) is 2. The molecule has 4 aliphatic carbocycles. The smallest absolute Gasteiger partial charge is 0.259 e. The summed E-state index contributed by atoms with van der Waals surface area (Å²) in [6.07, 6.45) is 7.42. The highest BCUT2D eigenvalue weighted by molar-refractivity contribution is 7.91. The van der Waals surface area contributed by atoms with Gasteiger partial charge in [0, 0.05) is 18.0 Å². The van der Waals surface area contributed by atoms with Gasteiger partial charge < -0.3 is 20.9 Å². The lowest BCUT2D eigenvalue weighted by atomic mass is 9.73. The molecule has 2 saturated heterocycles.